The maximum absolute atomic E-state index is 11.4. The van der Waals surface area contributed by atoms with Crippen molar-refractivity contribution in [1.29, 1.82) is 0 Å². The molecule has 2 rings (SSSR count). The highest BCUT2D eigenvalue weighted by Gasteiger charge is 2.29. The van der Waals surface area contributed by atoms with Gasteiger partial charge in [-0.3, -0.25) is 10.1 Å². The Balaban J connectivity index is 2.08. The van der Waals surface area contributed by atoms with Crippen molar-refractivity contribution in [2.24, 2.45) is 0 Å². The average Bonchev–Trinajstić information content (AvgIpc) is 2.33. The fourth-order valence-electron chi connectivity index (χ4n) is 1.83. The molecule has 0 spiro atoms. The van der Waals surface area contributed by atoms with Gasteiger partial charge in [-0.25, -0.2) is 0 Å². The number of esters is 1. The largest absolute Gasteiger partial charge is 0.462 e. The van der Waals surface area contributed by atoms with E-state index in [1.54, 1.807) is 6.08 Å². The standard InChI is InChI=1S/C13H15NO2/c1-2-6-11-13(15)16-9-12(14-11)10-7-4-3-5-8-10/h2-5,7-8,11-12,14H,1,6,9H2/t11-,12+/m0/s1. The maximum atomic E-state index is 11.4. The Morgan fingerprint density at radius 1 is 1.44 bits per heavy atom. The van der Waals surface area contributed by atoms with E-state index in [0.717, 1.165) is 5.56 Å². The molecule has 1 fully saturated rings. The van der Waals surface area contributed by atoms with Crippen LogP contribution in [0, 0.1) is 0 Å². The van der Waals surface area contributed by atoms with E-state index in [0.29, 0.717) is 13.0 Å². The number of cyclic esters (lactones) is 1. The minimum atomic E-state index is -0.267. The van der Waals surface area contributed by atoms with E-state index >= 15 is 0 Å². The fourth-order valence-corrected chi connectivity index (χ4v) is 1.83. The van der Waals surface area contributed by atoms with E-state index in [1.165, 1.54) is 0 Å². The molecule has 1 N–H and O–H groups in total. The molecule has 16 heavy (non-hydrogen) atoms. The van der Waals surface area contributed by atoms with E-state index in [9.17, 15) is 4.79 Å². The summed E-state index contributed by atoms with van der Waals surface area (Å²) in [5.74, 6) is -0.188. The van der Waals surface area contributed by atoms with Gasteiger partial charge in [0.15, 0.2) is 0 Å². The van der Waals surface area contributed by atoms with Crippen LogP contribution in [0.25, 0.3) is 0 Å². The third kappa shape index (κ3) is 2.31. The third-order valence-corrected chi connectivity index (χ3v) is 2.68. The summed E-state index contributed by atoms with van der Waals surface area (Å²) in [6, 6.07) is 9.81. The molecular formula is C13H15NO2. The molecule has 2 atom stereocenters. The van der Waals surface area contributed by atoms with E-state index < -0.39 is 0 Å². The first-order chi connectivity index (χ1) is 7.81. The lowest BCUT2D eigenvalue weighted by molar-refractivity contribution is -0.151. The molecule has 1 aromatic carbocycles. The van der Waals surface area contributed by atoms with Crippen molar-refractivity contribution in [3.63, 3.8) is 0 Å². The molecule has 0 aromatic heterocycles. The van der Waals surface area contributed by atoms with Crippen LogP contribution in [0.15, 0.2) is 43.0 Å². The van der Waals surface area contributed by atoms with Crippen LogP contribution in [0.3, 0.4) is 0 Å². The molecule has 0 bridgehead atoms. The van der Waals surface area contributed by atoms with E-state index in [-0.39, 0.29) is 18.1 Å². The summed E-state index contributed by atoms with van der Waals surface area (Å²) < 4.78 is 5.16. The monoisotopic (exact) mass is 217 g/mol. The van der Waals surface area contributed by atoms with Gasteiger partial charge in [-0.15, -0.1) is 6.58 Å². The number of ether oxygens (including phenoxy) is 1. The molecule has 1 heterocycles. The Morgan fingerprint density at radius 2 is 2.19 bits per heavy atom. The van der Waals surface area contributed by atoms with Crippen molar-refractivity contribution < 1.29 is 9.53 Å². The normalized spacial score (nSPS) is 24.9. The Kier molecular flexibility index (Phi) is 3.37. The zero-order valence-electron chi connectivity index (χ0n) is 9.06. The van der Waals surface area contributed by atoms with Crippen molar-refractivity contribution >= 4 is 5.97 Å². The highest BCUT2D eigenvalue weighted by molar-refractivity contribution is 5.76. The molecule has 0 saturated carbocycles. The van der Waals surface area contributed by atoms with Crippen molar-refractivity contribution in [2.75, 3.05) is 6.61 Å². The summed E-state index contributed by atoms with van der Waals surface area (Å²) in [4.78, 5) is 11.4. The van der Waals surface area contributed by atoms with Gasteiger partial charge in [0.25, 0.3) is 0 Å². The zero-order valence-corrected chi connectivity index (χ0v) is 9.06. The van der Waals surface area contributed by atoms with Crippen LogP contribution in [-0.2, 0) is 9.53 Å². The van der Waals surface area contributed by atoms with Gasteiger partial charge in [0, 0.05) is 0 Å². The first-order valence-corrected chi connectivity index (χ1v) is 5.40. The molecule has 3 nitrogen and oxygen atoms in total. The van der Waals surface area contributed by atoms with Crippen molar-refractivity contribution in [1.82, 2.24) is 5.32 Å². The average molecular weight is 217 g/mol. The first kappa shape index (κ1) is 10.9. The van der Waals surface area contributed by atoms with Gasteiger partial charge >= 0.3 is 5.97 Å². The van der Waals surface area contributed by atoms with Gasteiger partial charge in [0.1, 0.15) is 12.6 Å². The molecule has 0 amide bonds. The van der Waals surface area contributed by atoms with Crippen LogP contribution in [0.1, 0.15) is 18.0 Å². The summed E-state index contributed by atoms with van der Waals surface area (Å²) in [7, 11) is 0. The van der Waals surface area contributed by atoms with Gasteiger partial charge in [-0.2, -0.15) is 0 Å². The summed E-state index contributed by atoms with van der Waals surface area (Å²) in [6.07, 6.45) is 2.33. The molecular weight excluding hydrogens is 202 g/mol. The second-order valence-corrected chi connectivity index (χ2v) is 3.84. The number of hydrogen-bond acceptors (Lipinski definition) is 3. The summed E-state index contributed by atoms with van der Waals surface area (Å²) in [5, 5.41) is 3.27. The fraction of sp³-hybridized carbons (Fsp3) is 0.308. The van der Waals surface area contributed by atoms with Crippen LogP contribution in [0.5, 0.6) is 0 Å². The van der Waals surface area contributed by atoms with Gasteiger partial charge in [0.05, 0.1) is 6.04 Å². The highest BCUT2D eigenvalue weighted by Crippen LogP contribution is 2.19. The van der Waals surface area contributed by atoms with Crippen LogP contribution in [0.4, 0.5) is 0 Å². The van der Waals surface area contributed by atoms with Crippen LogP contribution in [0.2, 0.25) is 0 Å². The number of nitrogens with one attached hydrogen (secondary N) is 1. The Morgan fingerprint density at radius 3 is 2.88 bits per heavy atom. The van der Waals surface area contributed by atoms with Gasteiger partial charge in [-0.1, -0.05) is 36.4 Å². The minimum Gasteiger partial charge on any atom is -0.462 e. The van der Waals surface area contributed by atoms with Crippen molar-refractivity contribution in [3.8, 4) is 0 Å². The zero-order chi connectivity index (χ0) is 11.4. The summed E-state index contributed by atoms with van der Waals surface area (Å²) in [6.45, 7) is 4.04. The number of benzene rings is 1. The number of carbonyl (C=O) groups is 1. The Bertz CT molecular complexity index is 375. The second kappa shape index (κ2) is 4.94. The molecule has 3 heteroatoms. The van der Waals surface area contributed by atoms with Gasteiger partial charge in [0.2, 0.25) is 0 Å². The number of hydrogen-bond donors (Lipinski definition) is 1. The van der Waals surface area contributed by atoms with Crippen molar-refractivity contribution in [2.45, 2.75) is 18.5 Å². The molecule has 1 saturated heterocycles. The summed E-state index contributed by atoms with van der Waals surface area (Å²) in [5.41, 5.74) is 1.14. The lowest BCUT2D eigenvalue weighted by Gasteiger charge is -2.29. The van der Waals surface area contributed by atoms with Crippen LogP contribution in [-0.4, -0.2) is 18.6 Å². The Hall–Kier alpha value is -1.61. The molecule has 1 aromatic rings. The molecule has 0 aliphatic carbocycles. The van der Waals surface area contributed by atoms with Crippen LogP contribution >= 0.6 is 0 Å². The Labute approximate surface area is 95.1 Å². The lowest BCUT2D eigenvalue weighted by Crippen LogP contribution is -2.47. The second-order valence-electron chi connectivity index (χ2n) is 3.84. The SMILES string of the molecule is C=CC[C@@H]1N[C@@H](c2ccccc2)COC1=O. The quantitative estimate of drug-likeness (QED) is 0.620. The van der Waals surface area contributed by atoms with Gasteiger partial charge in [-0.05, 0) is 12.0 Å². The predicted octanol–water partition coefficient (Wildman–Crippen LogP) is 1.82. The van der Waals surface area contributed by atoms with E-state index in [4.69, 9.17) is 4.74 Å². The van der Waals surface area contributed by atoms with E-state index in [2.05, 4.69) is 11.9 Å². The highest BCUT2D eigenvalue weighted by atomic mass is 16.5. The number of morpholine rings is 1. The molecule has 0 unspecified atom stereocenters. The molecule has 1 aliphatic heterocycles. The molecule has 84 valence electrons. The minimum absolute atomic E-state index is 0.0869. The molecule has 1 aliphatic rings. The number of carbonyl (C=O) groups excluding carboxylic acids is 1. The smallest absolute Gasteiger partial charge is 0.323 e. The van der Waals surface area contributed by atoms with Gasteiger partial charge < -0.3 is 4.74 Å². The van der Waals surface area contributed by atoms with Crippen molar-refractivity contribution in [3.05, 3.63) is 48.6 Å². The lowest BCUT2D eigenvalue weighted by atomic mass is 10.0. The topological polar surface area (TPSA) is 38.3 Å². The summed E-state index contributed by atoms with van der Waals surface area (Å²) >= 11 is 0. The third-order valence-electron chi connectivity index (χ3n) is 2.68. The van der Waals surface area contributed by atoms with E-state index in [1.807, 2.05) is 30.3 Å². The van der Waals surface area contributed by atoms with Crippen LogP contribution < -0.4 is 5.32 Å². The predicted molar refractivity (Wildman–Crippen MR) is 61.9 cm³/mol. The number of rotatable bonds is 3. The maximum Gasteiger partial charge on any atom is 0.323 e. The molecule has 0 radical (unpaired) electrons. The first-order valence-electron chi connectivity index (χ1n) is 5.40.